The average Bonchev–Trinajstić information content (AvgIpc) is 3.28. The van der Waals surface area contributed by atoms with Crippen LogP contribution < -0.4 is 16.5 Å². The molecule has 5 rings (SSSR count). The standard InChI is InChI=1S/C29H20ClN7O2S2/c1-16-7-9-17(10-8-16)24(38)25-22(32)21(15-31)28(41-25)34-27(39)23-26(33)36(19-5-3-2-4-6-19)29(40)37(35-23)20-13-11-18(30)12-14-20/h2-14,33H,32H2,1H3,(H,34,39). The summed E-state index contributed by atoms with van der Waals surface area (Å²) in [5, 5.41) is 26.3. The van der Waals surface area contributed by atoms with Crippen molar-refractivity contribution in [1.29, 1.82) is 10.7 Å². The van der Waals surface area contributed by atoms with Gasteiger partial charge >= 0.3 is 0 Å². The van der Waals surface area contributed by atoms with Crippen LogP contribution in [0.2, 0.25) is 5.02 Å². The van der Waals surface area contributed by atoms with Gasteiger partial charge in [-0.2, -0.15) is 10.4 Å². The predicted molar refractivity (Wildman–Crippen MR) is 161 cm³/mol. The van der Waals surface area contributed by atoms with Crippen molar-refractivity contribution in [2.24, 2.45) is 0 Å². The lowest BCUT2D eigenvalue weighted by Crippen LogP contribution is -2.34. The van der Waals surface area contributed by atoms with Crippen LogP contribution in [0.4, 0.5) is 10.7 Å². The summed E-state index contributed by atoms with van der Waals surface area (Å²) in [6.45, 7) is 1.90. The molecule has 0 unspecified atom stereocenters. The molecule has 41 heavy (non-hydrogen) atoms. The fourth-order valence-corrected chi connectivity index (χ4v) is 5.51. The largest absolute Gasteiger partial charge is 0.396 e. The van der Waals surface area contributed by atoms with Gasteiger partial charge in [0.1, 0.15) is 21.5 Å². The molecule has 202 valence electrons. The lowest BCUT2D eigenvalue weighted by atomic mass is 10.1. The van der Waals surface area contributed by atoms with Crippen LogP contribution in [0, 0.1) is 28.4 Å². The van der Waals surface area contributed by atoms with Crippen molar-refractivity contribution in [3.8, 4) is 17.4 Å². The van der Waals surface area contributed by atoms with E-state index >= 15 is 0 Å². The molecule has 4 N–H and O–H groups in total. The smallest absolute Gasteiger partial charge is 0.280 e. The Labute approximate surface area is 248 Å². The van der Waals surface area contributed by atoms with Gasteiger partial charge in [-0.05, 0) is 55.5 Å². The topological polar surface area (TPSA) is 143 Å². The summed E-state index contributed by atoms with van der Waals surface area (Å²) in [6, 6.07) is 24.5. The van der Waals surface area contributed by atoms with Crippen molar-refractivity contribution in [1.82, 2.24) is 14.3 Å². The highest BCUT2D eigenvalue weighted by molar-refractivity contribution is 7.71. The van der Waals surface area contributed by atoms with Gasteiger partial charge in [-0.1, -0.05) is 59.6 Å². The highest BCUT2D eigenvalue weighted by atomic mass is 35.5. The second-order valence-corrected chi connectivity index (χ2v) is 10.7. The lowest BCUT2D eigenvalue weighted by Gasteiger charge is -2.15. The summed E-state index contributed by atoms with van der Waals surface area (Å²) < 4.78 is 2.90. The molecule has 0 spiro atoms. The first-order chi connectivity index (χ1) is 19.7. The van der Waals surface area contributed by atoms with E-state index in [1.165, 1.54) is 9.25 Å². The first-order valence-corrected chi connectivity index (χ1v) is 13.7. The Morgan fingerprint density at radius 3 is 2.34 bits per heavy atom. The second-order valence-electron chi connectivity index (χ2n) is 8.85. The molecule has 0 saturated heterocycles. The molecule has 5 aromatic rings. The van der Waals surface area contributed by atoms with Gasteiger partial charge in [-0.15, -0.1) is 11.3 Å². The van der Waals surface area contributed by atoms with E-state index in [2.05, 4.69) is 10.4 Å². The third-order valence-corrected chi connectivity index (χ3v) is 7.85. The number of amides is 1. The predicted octanol–water partition coefficient (Wildman–Crippen LogP) is 5.83. The molecule has 12 heteroatoms. The molecule has 2 heterocycles. The molecule has 9 nitrogen and oxygen atoms in total. The molecular formula is C29H20ClN7O2S2. The highest BCUT2D eigenvalue weighted by Gasteiger charge is 2.25. The van der Waals surface area contributed by atoms with Gasteiger partial charge in [0, 0.05) is 16.3 Å². The monoisotopic (exact) mass is 597 g/mol. The molecule has 1 amide bonds. The number of nitrogens with zero attached hydrogens (tertiary/aromatic N) is 4. The summed E-state index contributed by atoms with van der Waals surface area (Å²) >= 11 is 12.6. The number of para-hydroxylation sites is 1. The number of nitrogen functional groups attached to an aromatic ring is 1. The summed E-state index contributed by atoms with van der Waals surface area (Å²) in [6.07, 6.45) is 0. The fourth-order valence-electron chi connectivity index (χ4n) is 4.02. The van der Waals surface area contributed by atoms with Gasteiger partial charge in [0.2, 0.25) is 10.6 Å². The van der Waals surface area contributed by atoms with Crippen molar-refractivity contribution in [2.75, 3.05) is 11.1 Å². The molecule has 0 aliphatic carbocycles. The van der Waals surface area contributed by atoms with Crippen LogP contribution in [-0.4, -0.2) is 26.0 Å². The first kappa shape index (κ1) is 27.7. The van der Waals surface area contributed by atoms with Crippen LogP contribution in [-0.2, 0) is 0 Å². The molecule has 3 aromatic carbocycles. The normalized spacial score (nSPS) is 10.7. The number of nitriles is 1. The Bertz CT molecular complexity index is 1970. The first-order valence-electron chi connectivity index (χ1n) is 12.1. The van der Waals surface area contributed by atoms with Gasteiger partial charge in [0.15, 0.2) is 11.2 Å². The number of thiophene rings is 1. The lowest BCUT2D eigenvalue weighted by molar-refractivity contribution is 0.101. The molecule has 0 aliphatic heterocycles. The SMILES string of the molecule is Cc1ccc(C(=O)c2sc(NC(=O)c3nn(-c4ccc(Cl)cc4)c(=S)n(-c4ccccc4)c3=N)c(C#N)c2N)cc1. The Kier molecular flexibility index (Phi) is 7.63. The Balaban J connectivity index is 1.61. The zero-order chi connectivity index (χ0) is 29.3. The van der Waals surface area contributed by atoms with Gasteiger partial charge in [0.25, 0.3) is 5.91 Å². The molecular weight excluding hydrogens is 578 g/mol. The number of nitrogens with two attached hydrogens (primary N) is 1. The van der Waals surface area contributed by atoms with Crippen molar-refractivity contribution in [3.63, 3.8) is 0 Å². The number of halogens is 1. The summed E-state index contributed by atoms with van der Waals surface area (Å²) in [5.74, 6) is -1.16. The second kappa shape index (κ2) is 11.3. The van der Waals surface area contributed by atoms with Crippen LogP contribution in [0.5, 0.6) is 0 Å². The maximum Gasteiger partial charge on any atom is 0.280 e. The molecule has 0 aliphatic rings. The number of nitrogens with one attached hydrogen (secondary N) is 2. The van der Waals surface area contributed by atoms with E-state index in [1.54, 1.807) is 72.8 Å². The molecule has 0 radical (unpaired) electrons. The minimum absolute atomic E-state index is 0.0334. The number of ketones is 1. The van der Waals surface area contributed by atoms with E-state index in [0.717, 1.165) is 16.9 Å². The van der Waals surface area contributed by atoms with E-state index in [1.807, 2.05) is 19.1 Å². The molecule has 0 fully saturated rings. The maximum absolute atomic E-state index is 13.6. The van der Waals surface area contributed by atoms with Crippen LogP contribution >= 0.6 is 35.2 Å². The molecule has 0 atom stereocenters. The van der Waals surface area contributed by atoms with E-state index in [4.69, 9.17) is 35.0 Å². The third-order valence-electron chi connectivity index (χ3n) is 6.13. The molecule has 2 aromatic heterocycles. The molecule has 0 saturated carbocycles. The van der Waals surface area contributed by atoms with E-state index in [9.17, 15) is 14.9 Å². The number of hydrogen-bond donors (Lipinski definition) is 3. The number of aromatic nitrogens is 3. The number of aryl methyl sites for hydroxylation is 1. The van der Waals surface area contributed by atoms with Crippen LogP contribution in [0.1, 0.15) is 36.9 Å². The van der Waals surface area contributed by atoms with Crippen LogP contribution in [0.3, 0.4) is 0 Å². The number of hydrogen-bond acceptors (Lipinski definition) is 8. The average molecular weight is 598 g/mol. The summed E-state index contributed by atoms with van der Waals surface area (Å²) in [5.41, 5.74) is 8.00. The zero-order valence-electron chi connectivity index (χ0n) is 21.4. The van der Waals surface area contributed by atoms with Crippen molar-refractivity contribution in [2.45, 2.75) is 6.92 Å². The number of carbonyl (C=O) groups excluding carboxylic acids is 2. The number of rotatable bonds is 6. The Morgan fingerprint density at radius 2 is 1.71 bits per heavy atom. The van der Waals surface area contributed by atoms with Crippen molar-refractivity contribution in [3.05, 3.63) is 121 Å². The van der Waals surface area contributed by atoms with Gasteiger partial charge in [0.05, 0.1) is 11.4 Å². The third kappa shape index (κ3) is 5.31. The number of anilines is 2. The van der Waals surface area contributed by atoms with Crippen molar-refractivity contribution < 1.29 is 9.59 Å². The van der Waals surface area contributed by atoms with E-state index in [0.29, 0.717) is 22.0 Å². The van der Waals surface area contributed by atoms with Crippen LogP contribution in [0.25, 0.3) is 11.4 Å². The molecule has 0 bridgehead atoms. The Hall–Kier alpha value is -4.89. The summed E-state index contributed by atoms with van der Waals surface area (Å²) in [4.78, 5) is 26.9. The van der Waals surface area contributed by atoms with Crippen LogP contribution in [0.15, 0.2) is 78.9 Å². The Morgan fingerprint density at radius 1 is 1.05 bits per heavy atom. The minimum atomic E-state index is -0.788. The zero-order valence-corrected chi connectivity index (χ0v) is 23.8. The number of carbonyl (C=O) groups is 2. The van der Waals surface area contributed by atoms with Gasteiger partial charge in [-0.3, -0.25) is 19.6 Å². The van der Waals surface area contributed by atoms with Gasteiger partial charge in [-0.25, -0.2) is 4.68 Å². The number of benzene rings is 3. The fraction of sp³-hybridized carbons (Fsp3) is 0.0345. The maximum atomic E-state index is 13.6. The van der Waals surface area contributed by atoms with E-state index in [-0.39, 0.29) is 42.9 Å². The highest BCUT2D eigenvalue weighted by Crippen LogP contribution is 2.36. The van der Waals surface area contributed by atoms with Gasteiger partial charge < -0.3 is 11.1 Å². The van der Waals surface area contributed by atoms with Crippen molar-refractivity contribution >= 4 is 57.5 Å². The minimum Gasteiger partial charge on any atom is -0.396 e. The quantitative estimate of drug-likeness (QED) is 0.166. The van der Waals surface area contributed by atoms with E-state index < -0.39 is 5.91 Å². The summed E-state index contributed by atoms with van der Waals surface area (Å²) in [7, 11) is 0.